The first kappa shape index (κ1) is 14.1. The fraction of sp³-hybridized carbons (Fsp3) is 0.588. The second-order valence-electron chi connectivity index (χ2n) is 7.05. The van der Waals surface area contributed by atoms with Crippen LogP contribution in [0.25, 0.3) is 0 Å². The van der Waals surface area contributed by atoms with Crippen molar-refractivity contribution in [1.82, 2.24) is 14.5 Å². The lowest BCUT2D eigenvalue weighted by Crippen LogP contribution is -2.54. The largest absolute Gasteiger partial charge is 0.336 e. The maximum absolute atomic E-state index is 11.9. The van der Waals surface area contributed by atoms with Crippen LogP contribution in [0.15, 0.2) is 23.1 Å². The summed E-state index contributed by atoms with van der Waals surface area (Å²) in [5, 5.41) is 2.88. The number of carbonyl (C=O) groups is 1. The van der Waals surface area contributed by atoms with Gasteiger partial charge in [0.1, 0.15) is 0 Å². The Morgan fingerprint density at radius 3 is 2.74 bits per heavy atom. The van der Waals surface area contributed by atoms with E-state index in [2.05, 4.69) is 32.7 Å². The number of hydrogen-bond donors (Lipinski definition) is 1. The minimum absolute atomic E-state index is 0.0298. The number of fused-ring (bicyclic) bond motifs is 4. The first-order valence-electron chi connectivity index (χ1n) is 8.63. The fourth-order valence-electron chi connectivity index (χ4n) is 4.42. The number of nitrogens with zero attached hydrogens (tertiary/aromatic N) is 3. The summed E-state index contributed by atoms with van der Waals surface area (Å²) in [6.07, 6.45) is 2.72. The van der Waals surface area contributed by atoms with Gasteiger partial charge in [0.2, 0.25) is 0 Å². The highest BCUT2D eigenvalue weighted by molar-refractivity contribution is 7.97. The molecule has 122 valence electrons. The molecule has 6 heteroatoms. The van der Waals surface area contributed by atoms with E-state index >= 15 is 0 Å². The lowest BCUT2D eigenvalue weighted by Gasteiger charge is -2.47. The number of benzene rings is 1. The highest BCUT2D eigenvalue weighted by Crippen LogP contribution is 2.43. The average molecular weight is 330 g/mol. The second kappa shape index (κ2) is 5.40. The Kier molecular flexibility index (Phi) is 3.32. The maximum atomic E-state index is 11.9. The number of urea groups is 1. The molecule has 1 N–H and O–H groups in total. The van der Waals surface area contributed by atoms with Crippen molar-refractivity contribution in [2.45, 2.75) is 30.3 Å². The molecule has 0 aromatic heterocycles. The van der Waals surface area contributed by atoms with Gasteiger partial charge >= 0.3 is 6.03 Å². The van der Waals surface area contributed by atoms with Gasteiger partial charge in [-0.15, -0.1) is 0 Å². The normalized spacial score (nSPS) is 33.1. The zero-order valence-corrected chi connectivity index (χ0v) is 14.0. The molecule has 2 bridgehead atoms. The Labute approximate surface area is 141 Å². The van der Waals surface area contributed by atoms with Crippen LogP contribution in [0.5, 0.6) is 0 Å². The summed E-state index contributed by atoms with van der Waals surface area (Å²) in [5.41, 5.74) is 2.44. The van der Waals surface area contributed by atoms with Crippen molar-refractivity contribution >= 4 is 23.7 Å². The van der Waals surface area contributed by atoms with Crippen LogP contribution in [-0.2, 0) is 6.54 Å². The van der Waals surface area contributed by atoms with Crippen molar-refractivity contribution < 1.29 is 4.79 Å². The van der Waals surface area contributed by atoms with E-state index in [0.717, 1.165) is 31.2 Å². The highest BCUT2D eigenvalue weighted by atomic mass is 32.2. The Balaban J connectivity index is 1.36. The Bertz CT molecular complexity index is 643. The van der Waals surface area contributed by atoms with Crippen molar-refractivity contribution in [1.29, 1.82) is 0 Å². The molecule has 5 aliphatic heterocycles. The van der Waals surface area contributed by atoms with E-state index < -0.39 is 0 Å². The van der Waals surface area contributed by atoms with E-state index in [4.69, 9.17) is 0 Å². The predicted octanol–water partition coefficient (Wildman–Crippen LogP) is 2.13. The summed E-state index contributed by atoms with van der Waals surface area (Å²) < 4.78 is 2.59. The summed E-state index contributed by atoms with van der Waals surface area (Å²) >= 11 is 1.90. The highest BCUT2D eigenvalue weighted by Gasteiger charge is 2.40. The predicted molar refractivity (Wildman–Crippen MR) is 91.5 cm³/mol. The molecule has 0 unspecified atom stereocenters. The number of hydrogen-bond acceptors (Lipinski definition) is 4. The monoisotopic (exact) mass is 330 g/mol. The van der Waals surface area contributed by atoms with Crippen LogP contribution in [0, 0.1) is 5.92 Å². The molecule has 1 aromatic carbocycles. The number of carbonyl (C=O) groups excluding carboxylic acids is 1. The molecule has 1 atom stereocenters. The molecule has 0 spiro atoms. The van der Waals surface area contributed by atoms with Crippen LogP contribution in [0.1, 0.15) is 18.4 Å². The standard InChI is InChI=1S/C17H22N4OS/c22-17-18-5-8-20(17)14-2-1-13-10-21(23-16(13)9-14)15-11-19-6-3-12(15)4-7-19/h1-2,9,12,15H,3-8,10-11H2,(H,18,22)/t15-/m1/s1. The second-order valence-corrected chi connectivity index (χ2v) is 8.14. The molecule has 0 aliphatic carbocycles. The quantitative estimate of drug-likeness (QED) is 0.843. The number of anilines is 1. The van der Waals surface area contributed by atoms with E-state index in [-0.39, 0.29) is 6.03 Å². The first-order chi connectivity index (χ1) is 11.3. The van der Waals surface area contributed by atoms with Crippen molar-refractivity contribution in [3.05, 3.63) is 23.8 Å². The number of rotatable bonds is 2. The van der Waals surface area contributed by atoms with Crippen molar-refractivity contribution in [3.8, 4) is 0 Å². The van der Waals surface area contributed by atoms with Crippen LogP contribution in [0.4, 0.5) is 10.5 Å². The molecule has 6 rings (SSSR count). The van der Waals surface area contributed by atoms with Gasteiger partial charge in [-0.25, -0.2) is 9.10 Å². The molecule has 5 heterocycles. The van der Waals surface area contributed by atoms with Crippen LogP contribution in [0.2, 0.25) is 0 Å². The molecular weight excluding hydrogens is 308 g/mol. The fourth-order valence-corrected chi connectivity index (χ4v) is 5.67. The van der Waals surface area contributed by atoms with E-state index in [1.807, 2.05) is 16.8 Å². The lowest BCUT2D eigenvalue weighted by molar-refractivity contribution is 0.0420. The van der Waals surface area contributed by atoms with Crippen molar-refractivity contribution in [2.24, 2.45) is 5.92 Å². The molecule has 5 aliphatic rings. The first-order valence-corrected chi connectivity index (χ1v) is 9.40. The summed E-state index contributed by atoms with van der Waals surface area (Å²) in [6.45, 7) is 6.37. The molecule has 0 radical (unpaired) electrons. The van der Waals surface area contributed by atoms with E-state index in [0.29, 0.717) is 6.04 Å². The van der Waals surface area contributed by atoms with Gasteiger partial charge in [0, 0.05) is 42.8 Å². The van der Waals surface area contributed by atoms with E-state index in [9.17, 15) is 4.79 Å². The van der Waals surface area contributed by atoms with Crippen LogP contribution < -0.4 is 10.2 Å². The van der Waals surface area contributed by atoms with Gasteiger partial charge in [-0.05, 0) is 61.5 Å². The minimum Gasteiger partial charge on any atom is -0.336 e. The molecule has 4 saturated heterocycles. The zero-order chi connectivity index (χ0) is 15.4. The van der Waals surface area contributed by atoms with Crippen molar-refractivity contribution in [3.63, 3.8) is 0 Å². The van der Waals surface area contributed by atoms with Gasteiger partial charge < -0.3 is 10.2 Å². The Morgan fingerprint density at radius 2 is 2.04 bits per heavy atom. The SMILES string of the molecule is O=C1NCCN1c1ccc2c(c1)SN([C@@H]1CN3CCC1CC3)C2. The minimum atomic E-state index is 0.0298. The third-order valence-corrected chi connectivity index (χ3v) is 6.96. The molecule has 4 fully saturated rings. The summed E-state index contributed by atoms with van der Waals surface area (Å²) in [7, 11) is 0. The van der Waals surface area contributed by atoms with Gasteiger partial charge in [-0.1, -0.05) is 6.07 Å². The molecular formula is C17H22N4OS. The van der Waals surface area contributed by atoms with Gasteiger partial charge in [0.25, 0.3) is 0 Å². The van der Waals surface area contributed by atoms with Gasteiger partial charge in [-0.2, -0.15) is 0 Å². The lowest BCUT2D eigenvalue weighted by atomic mass is 9.84. The number of nitrogens with one attached hydrogen (secondary N) is 1. The molecule has 2 amide bonds. The Hall–Kier alpha value is -1.24. The maximum Gasteiger partial charge on any atom is 0.321 e. The third kappa shape index (κ3) is 2.35. The number of amides is 2. The summed E-state index contributed by atoms with van der Waals surface area (Å²) in [5.74, 6) is 0.866. The van der Waals surface area contributed by atoms with Crippen LogP contribution in [0.3, 0.4) is 0 Å². The topological polar surface area (TPSA) is 38.8 Å². The number of piperidine rings is 3. The Morgan fingerprint density at radius 1 is 1.17 bits per heavy atom. The van der Waals surface area contributed by atoms with Gasteiger partial charge in [0.05, 0.1) is 0 Å². The molecule has 1 aromatic rings. The zero-order valence-electron chi connectivity index (χ0n) is 13.2. The van der Waals surface area contributed by atoms with Crippen LogP contribution in [-0.4, -0.2) is 54.0 Å². The third-order valence-electron chi connectivity index (χ3n) is 5.75. The van der Waals surface area contributed by atoms with Crippen LogP contribution >= 0.6 is 11.9 Å². The molecule has 5 nitrogen and oxygen atoms in total. The van der Waals surface area contributed by atoms with Gasteiger partial charge in [-0.3, -0.25) is 4.90 Å². The van der Waals surface area contributed by atoms with E-state index in [1.54, 1.807) is 0 Å². The smallest absolute Gasteiger partial charge is 0.321 e. The molecule has 0 saturated carbocycles. The summed E-state index contributed by atoms with van der Waals surface area (Å²) in [4.78, 5) is 17.7. The summed E-state index contributed by atoms with van der Waals surface area (Å²) in [6, 6.07) is 7.23. The van der Waals surface area contributed by atoms with Crippen molar-refractivity contribution in [2.75, 3.05) is 37.6 Å². The average Bonchev–Trinajstić information content (AvgIpc) is 3.21. The van der Waals surface area contributed by atoms with Gasteiger partial charge in [0.15, 0.2) is 0 Å². The molecule has 23 heavy (non-hydrogen) atoms. The van der Waals surface area contributed by atoms with E-state index in [1.165, 1.54) is 42.9 Å².